The molecule has 0 saturated heterocycles. The van der Waals surface area contributed by atoms with E-state index in [9.17, 15) is 9.59 Å². The van der Waals surface area contributed by atoms with Gasteiger partial charge in [-0.3, -0.25) is 9.59 Å². The van der Waals surface area contributed by atoms with Crippen LogP contribution in [0.2, 0.25) is 0 Å². The molecule has 0 aromatic heterocycles. The molecule has 0 bridgehead atoms. The van der Waals surface area contributed by atoms with Crippen LogP contribution in [0.3, 0.4) is 0 Å². The summed E-state index contributed by atoms with van der Waals surface area (Å²) in [6.07, 6.45) is 0.271. The Morgan fingerprint density at radius 2 is 2.00 bits per heavy atom. The highest BCUT2D eigenvalue weighted by atomic mass is 35.5. The molecule has 1 aliphatic carbocycles. The van der Waals surface area contributed by atoms with Crippen molar-refractivity contribution in [1.29, 1.82) is 5.26 Å². The fourth-order valence-corrected chi connectivity index (χ4v) is 2.04. The van der Waals surface area contributed by atoms with Crippen molar-refractivity contribution in [3.8, 4) is 6.07 Å². The van der Waals surface area contributed by atoms with Crippen molar-refractivity contribution in [2.45, 2.75) is 24.6 Å². The second-order valence-corrected chi connectivity index (χ2v) is 5.87. The number of Topliss-reactive ketones (excluding diaryl/α,β-unsaturated/α-hetero) is 1. The number of rotatable bonds is 4. The number of nitrogens with zero attached hydrogens (tertiary/aromatic N) is 1. The Hall–Kier alpha value is -1.25. The monoisotopic (exact) mass is 290 g/mol. The van der Waals surface area contributed by atoms with Gasteiger partial charge in [0.15, 0.2) is 6.61 Å². The first kappa shape index (κ1) is 14.8. The lowest BCUT2D eigenvalue weighted by atomic mass is 10.1. The number of carbonyl (C=O) groups is 2. The number of ether oxygens (including phenoxy) is 1. The summed E-state index contributed by atoms with van der Waals surface area (Å²) in [6.45, 7) is 2.42. The number of carbonyl (C=O) groups excluding carboxylic acids is 2. The predicted octanol–water partition coefficient (Wildman–Crippen LogP) is 1.44. The van der Waals surface area contributed by atoms with E-state index in [1.54, 1.807) is 13.0 Å². The predicted molar refractivity (Wildman–Crippen MR) is 65.6 cm³/mol. The van der Waals surface area contributed by atoms with Gasteiger partial charge in [-0.05, 0) is 13.8 Å². The van der Waals surface area contributed by atoms with Crippen molar-refractivity contribution in [3.05, 3.63) is 11.3 Å². The summed E-state index contributed by atoms with van der Waals surface area (Å²) in [5, 5.41) is 8.70. The molecule has 0 heterocycles. The summed E-state index contributed by atoms with van der Waals surface area (Å²) in [7, 11) is 0. The molecule has 1 unspecified atom stereocenters. The van der Waals surface area contributed by atoms with Crippen LogP contribution < -0.4 is 5.73 Å². The Bertz CT molecular complexity index is 475. The minimum Gasteiger partial charge on any atom is -0.457 e. The number of alkyl halides is 2. The molecule has 0 aromatic carbocycles. The molecule has 0 aliphatic heterocycles. The molecular formula is C11H12Cl2N2O3. The van der Waals surface area contributed by atoms with Crippen LogP contribution in [-0.4, -0.2) is 22.7 Å². The lowest BCUT2D eigenvalue weighted by molar-refractivity contribution is -0.152. The number of hydrogen-bond acceptors (Lipinski definition) is 5. The number of halogens is 2. The zero-order valence-electron chi connectivity index (χ0n) is 9.92. The van der Waals surface area contributed by atoms with Gasteiger partial charge >= 0.3 is 5.97 Å². The van der Waals surface area contributed by atoms with Crippen LogP contribution in [0, 0.1) is 16.7 Å². The fraction of sp³-hybridized carbons (Fsp3) is 0.545. The van der Waals surface area contributed by atoms with E-state index < -0.39 is 28.1 Å². The maximum absolute atomic E-state index is 11.7. The first-order valence-corrected chi connectivity index (χ1v) is 5.86. The maximum Gasteiger partial charge on any atom is 0.315 e. The summed E-state index contributed by atoms with van der Waals surface area (Å²) in [5.41, 5.74) is 4.22. The number of nitriles is 1. The fourth-order valence-electron chi connectivity index (χ4n) is 1.35. The molecule has 98 valence electrons. The molecule has 0 amide bonds. The molecule has 0 spiro atoms. The van der Waals surface area contributed by atoms with Gasteiger partial charge in [0.1, 0.15) is 21.4 Å². The van der Waals surface area contributed by atoms with Crippen LogP contribution in [0.4, 0.5) is 0 Å². The van der Waals surface area contributed by atoms with Crippen LogP contribution in [0.25, 0.3) is 0 Å². The molecule has 18 heavy (non-hydrogen) atoms. The molecule has 2 N–H and O–H groups in total. The third-order valence-corrected chi connectivity index (χ3v) is 3.93. The average molecular weight is 291 g/mol. The van der Waals surface area contributed by atoms with Crippen LogP contribution in [0.1, 0.15) is 20.3 Å². The second kappa shape index (κ2) is 4.79. The molecule has 0 radical (unpaired) electrons. The van der Waals surface area contributed by atoms with E-state index in [0.717, 1.165) is 0 Å². The standard InChI is InChI=1S/C11H12Cl2N2O3/c1-6(15)7(3-14)8(16)4-18-9(17)10(2)5-11(10,12)13/h4-5,15H2,1-2H3. The topological polar surface area (TPSA) is 93.2 Å². The third-order valence-electron chi connectivity index (χ3n) is 2.83. The van der Waals surface area contributed by atoms with E-state index in [1.165, 1.54) is 6.92 Å². The number of esters is 1. The third kappa shape index (κ3) is 2.60. The summed E-state index contributed by atoms with van der Waals surface area (Å²) >= 11 is 11.6. The normalized spacial score (nSPS) is 25.7. The zero-order chi connectivity index (χ0) is 14.1. The second-order valence-electron chi connectivity index (χ2n) is 4.38. The highest BCUT2D eigenvalue weighted by molar-refractivity contribution is 6.53. The van der Waals surface area contributed by atoms with Gasteiger partial charge in [0, 0.05) is 12.1 Å². The summed E-state index contributed by atoms with van der Waals surface area (Å²) in [5.74, 6) is -1.31. The summed E-state index contributed by atoms with van der Waals surface area (Å²) in [6, 6.07) is 1.66. The van der Waals surface area contributed by atoms with Crippen molar-refractivity contribution in [1.82, 2.24) is 0 Å². The van der Waals surface area contributed by atoms with Gasteiger partial charge < -0.3 is 10.5 Å². The van der Waals surface area contributed by atoms with Crippen molar-refractivity contribution >= 4 is 35.0 Å². The van der Waals surface area contributed by atoms with Gasteiger partial charge in [-0.15, -0.1) is 23.2 Å². The highest BCUT2D eigenvalue weighted by Crippen LogP contribution is 2.64. The van der Waals surface area contributed by atoms with Crippen molar-refractivity contribution in [2.24, 2.45) is 11.1 Å². The quantitative estimate of drug-likeness (QED) is 0.366. The van der Waals surface area contributed by atoms with E-state index >= 15 is 0 Å². The van der Waals surface area contributed by atoms with E-state index in [-0.39, 0.29) is 17.7 Å². The maximum atomic E-state index is 11.7. The van der Waals surface area contributed by atoms with Crippen LogP contribution >= 0.6 is 23.2 Å². The summed E-state index contributed by atoms with van der Waals surface area (Å²) < 4.78 is 3.65. The van der Waals surface area contributed by atoms with E-state index in [1.807, 2.05) is 0 Å². The first-order valence-electron chi connectivity index (χ1n) is 5.10. The largest absolute Gasteiger partial charge is 0.457 e. The SMILES string of the molecule is CC(N)=C(C#N)C(=O)COC(=O)C1(C)CC1(Cl)Cl. The molecule has 1 atom stereocenters. The Balaban J connectivity index is 2.59. The molecule has 7 heteroatoms. The number of allylic oxidation sites excluding steroid dienone is 1. The first-order chi connectivity index (χ1) is 8.15. The minimum absolute atomic E-state index is 0.0835. The van der Waals surface area contributed by atoms with Gasteiger partial charge in [0.05, 0.1) is 0 Å². The smallest absolute Gasteiger partial charge is 0.315 e. The van der Waals surface area contributed by atoms with Gasteiger partial charge in [0.25, 0.3) is 0 Å². The average Bonchev–Trinajstić information content (AvgIpc) is 2.76. The molecule has 1 fully saturated rings. The Kier molecular flexibility index (Phi) is 3.94. The Labute approximate surface area is 114 Å². The Morgan fingerprint density at radius 1 is 1.50 bits per heavy atom. The van der Waals surface area contributed by atoms with Crippen molar-refractivity contribution in [2.75, 3.05) is 6.61 Å². The summed E-state index contributed by atoms with van der Waals surface area (Å²) in [4.78, 5) is 23.2. The number of ketones is 1. The molecule has 1 aliphatic rings. The molecule has 0 aromatic rings. The minimum atomic E-state index is -1.15. The van der Waals surface area contributed by atoms with Crippen molar-refractivity contribution < 1.29 is 14.3 Å². The number of hydrogen-bond donors (Lipinski definition) is 1. The van der Waals surface area contributed by atoms with Gasteiger partial charge in [-0.25, -0.2) is 0 Å². The van der Waals surface area contributed by atoms with Crippen molar-refractivity contribution in [3.63, 3.8) is 0 Å². The van der Waals surface area contributed by atoms with Crippen LogP contribution in [0.15, 0.2) is 11.3 Å². The highest BCUT2D eigenvalue weighted by Gasteiger charge is 2.69. The molecular weight excluding hydrogens is 279 g/mol. The lowest BCUT2D eigenvalue weighted by Crippen LogP contribution is -2.25. The van der Waals surface area contributed by atoms with Gasteiger partial charge in [0.2, 0.25) is 5.78 Å². The van der Waals surface area contributed by atoms with E-state index in [0.29, 0.717) is 0 Å². The Morgan fingerprint density at radius 3 is 2.33 bits per heavy atom. The molecule has 1 saturated carbocycles. The van der Waals surface area contributed by atoms with Crippen LogP contribution in [-0.2, 0) is 14.3 Å². The molecule has 1 rings (SSSR count). The van der Waals surface area contributed by atoms with Crippen LogP contribution in [0.5, 0.6) is 0 Å². The zero-order valence-corrected chi connectivity index (χ0v) is 11.4. The lowest BCUT2D eigenvalue weighted by Gasteiger charge is -2.11. The van der Waals surface area contributed by atoms with Gasteiger partial charge in [-0.1, -0.05) is 0 Å². The molecule has 5 nitrogen and oxygen atoms in total. The van der Waals surface area contributed by atoms with Gasteiger partial charge in [-0.2, -0.15) is 5.26 Å². The number of nitrogens with two attached hydrogens (primary N) is 1. The van der Waals surface area contributed by atoms with E-state index in [4.69, 9.17) is 38.9 Å². The van der Waals surface area contributed by atoms with E-state index in [2.05, 4.69) is 0 Å².